The molecule has 0 aliphatic carbocycles. The summed E-state index contributed by atoms with van der Waals surface area (Å²) in [5.41, 5.74) is 1.87. The lowest BCUT2D eigenvalue weighted by molar-refractivity contribution is -0.117. The van der Waals surface area contributed by atoms with Gasteiger partial charge in [-0.2, -0.15) is 0 Å². The van der Waals surface area contributed by atoms with Crippen molar-refractivity contribution in [3.8, 4) is 17.1 Å². The van der Waals surface area contributed by atoms with E-state index >= 15 is 0 Å². The number of rotatable bonds is 6. The first-order chi connectivity index (χ1) is 14.5. The lowest BCUT2D eigenvalue weighted by atomic mass is 10.2. The second-order valence-electron chi connectivity index (χ2n) is 6.54. The van der Waals surface area contributed by atoms with Crippen LogP contribution < -0.4 is 15.7 Å². The number of anilines is 1. The number of carbonyl (C=O) groups is 1. The minimum absolute atomic E-state index is 0.216. The second kappa shape index (κ2) is 8.16. The van der Waals surface area contributed by atoms with E-state index < -0.39 is 5.69 Å². The van der Waals surface area contributed by atoms with Crippen LogP contribution in [0.4, 0.5) is 5.69 Å². The van der Waals surface area contributed by atoms with E-state index in [0.717, 1.165) is 10.4 Å². The molecule has 0 saturated carbocycles. The number of hydrogen-bond donors (Lipinski definition) is 1. The molecule has 0 aliphatic rings. The molecule has 4 rings (SSSR count). The van der Waals surface area contributed by atoms with Gasteiger partial charge in [0.05, 0.1) is 18.0 Å². The van der Waals surface area contributed by atoms with E-state index in [-0.39, 0.29) is 12.5 Å². The van der Waals surface area contributed by atoms with Crippen molar-refractivity contribution in [3.63, 3.8) is 0 Å². The number of aryl methyl sites for hydroxylation is 1. The maximum absolute atomic E-state index is 12.7. The molecule has 0 saturated heterocycles. The minimum atomic E-state index is -0.426. The Hall–Kier alpha value is -4.01. The number of fused-ring (bicyclic) bond motifs is 1. The summed E-state index contributed by atoms with van der Waals surface area (Å²) in [5.74, 6) is 0.829. The van der Waals surface area contributed by atoms with Crippen LogP contribution in [0, 0.1) is 6.92 Å². The summed E-state index contributed by atoms with van der Waals surface area (Å²) in [6.45, 7) is 3.97. The van der Waals surface area contributed by atoms with Crippen LogP contribution in [0.25, 0.3) is 17.0 Å². The van der Waals surface area contributed by atoms with Crippen LogP contribution >= 0.6 is 0 Å². The van der Waals surface area contributed by atoms with Gasteiger partial charge in [-0.1, -0.05) is 6.07 Å². The molecular weight excluding hydrogens is 384 g/mol. The van der Waals surface area contributed by atoms with Gasteiger partial charge in [0.25, 0.3) is 0 Å². The van der Waals surface area contributed by atoms with E-state index in [1.807, 2.05) is 25.1 Å². The van der Waals surface area contributed by atoms with Gasteiger partial charge in [-0.15, -0.1) is 5.10 Å². The predicted molar refractivity (Wildman–Crippen MR) is 111 cm³/mol. The van der Waals surface area contributed by atoms with Crippen LogP contribution in [0.1, 0.15) is 12.7 Å². The van der Waals surface area contributed by atoms with E-state index in [0.29, 0.717) is 35.2 Å². The fraction of sp³-hybridized carbons (Fsp3) is 0.190. The molecule has 30 heavy (non-hydrogen) atoms. The maximum Gasteiger partial charge on any atom is 0.352 e. The van der Waals surface area contributed by atoms with Crippen molar-refractivity contribution in [1.29, 1.82) is 0 Å². The summed E-state index contributed by atoms with van der Waals surface area (Å²) in [7, 11) is 0. The molecule has 3 heterocycles. The SMILES string of the molecule is CCOc1ccc(NC(=O)Cn2nc3cc(-c4ccccn4)nc(C)n3c2=O)cc1. The number of amides is 1. The average molecular weight is 404 g/mol. The topological polar surface area (TPSA) is 103 Å². The van der Waals surface area contributed by atoms with Gasteiger partial charge in [0.15, 0.2) is 5.65 Å². The highest BCUT2D eigenvalue weighted by atomic mass is 16.5. The number of aromatic nitrogens is 5. The van der Waals surface area contributed by atoms with Crippen LogP contribution in [0.2, 0.25) is 0 Å². The highest BCUT2D eigenvalue weighted by molar-refractivity contribution is 5.90. The van der Waals surface area contributed by atoms with Crippen molar-refractivity contribution < 1.29 is 9.53 Å². The molecule has 3 aromatic heterocycles. The molecule has 0 atom stereocenters. The van der Waals surface area contributed by atoms with Crippen LogP contribution in [0.15, 0.2) is 59.5 Å². The number of benzene rings is 1. The summed E-state index contributed by atoms with van der Waals surface area (Å²) in [6.07, 6.45) is 1.67. The first-order valence-electron chi connectivity index (χ1n) is 9.46. The molecule has 0 fully saturated rings. The Balaban J connectivity index is 1.57. The Labute approximate surface area is 172 Å². The van der Waals surface area contributed by atoms with Crippen LogP contribution in [-0.2, 0) is 11.3 Å². The summed E-state index contributed by atoms with van der Waals surface area (Å²) in [6, 6.07) is 14.2. The molecule has 4 aromatic rings. The van der Waals surface area contributed by atoms with Crippen LogP contribution in [0.3, 0.4) is 0 Å². The first-order valence-corrected chi connectivity index (χ1v) is 9.46. The molecular formula is C21H20N6O3. The lowest BCUT2D eigenvalue weighted by Crippen LogP contribution is -2.28. The van der Waals surface area contributed by atoms with Crippen molar-refractivity contribution in [3.05, 3.63) is 71.0 Å². The number of nitrogens with zero attached hydrogens (tertiary/aromatic N) is 5. The molecule has 9 heteroatoms. The average Bonchev–Trinajstić information content (AvgIpc) is 3.06. The Morgan fingerprint density at radius 2 is 1.93 bits per heavy atom. The molecule has 1 amide bonds. The molecule has 9 nitrogen and oxygen atoms in total. The summed E-state index contributed by atoms with van der Waals surface area (Å²) >= 11 is 0. The van der Waals surface area contributed by atoms with Gasteiger partial charge >= 0.3 is 5.69 Å². The largest absolute Gasteiger partial charge is 0.494 e. The number of ether oxygens (including phenoxy) is 1. The molecule has 0 spiro atoms. The van der Waals surface area contributed by atoms with Crippen molar-refractivity contribution >= 4 is 17.2 Å². The van der Waals surface area contributed by atoms with E-state index in [4.69, 9.17) is 4.74 Å². The van der Waals surface area contributed by atoms with E-state index in [2.05, 4.69) is 20.4 Å². The molecule has 1 aromatic carbocycles. The third-order valence-electron chi connectivity index (χ3n) is 4.41. The zero-order chi connectivity index (χ0) is 21.1. The smallest absolute Gasteiger partial charge is 0.352 e. The minimum Gasteiger partial charge on any atom is -0.494 e. The molecule has 0 radical (unpaired) electrons. The van der Waals surface area contributed by atoms with Gasteiger partial charge < -0.3 is 10.1 Å². The summed E-state index contributed by atoms with van der Waals surface area (Å²) in [4.78, 5) is 33.9. The highest BCUT2D eigenvalue weighted by Crippen LogP contribution is 2.17. The molecule has 0 aliphatic heterocycles. The summed E-state index contributed by atoms with van der Waals surface area (Å²) in [5, 5.41) is 7.05. The zero-order valence-electron chi connectivity index (χ0n) is 16.6. The quantitative estimate of drug-likeness (QED) is 0.529. The normalized spacial score (nSPS) is 10.9. The third kappa shape index (κ3) is 3.90. The van der Waals surface area contributed by atoms with Gasteiger partial charge in [-0.25, -0.2) is 18.9 Å². The highest BCUT2D eigenvalue weighted by Gasteiger charge is 2.15. The molecule has 0 bridgehead atoms. The molecule has 1 N–H and O–H groups in total. The monoisotopic (exact) mass is 404 g/mol. The second-order valence-corrected chi connectivity index (χ2v) is 6.54. The standard InChI is InChI=1S/C21H20N6O3/c1-3-30-16-9-7-15(8-10-16)24-20(28)13-26-21(29)27-14(2)23-18(12-19(27)25-26)17-6-4-5-11-22-17/h4-12H,3,13H2,1-2H3,(H,24,28). The van der Waals surface area contributed by atoms with Crippen LogP contribution in [-0.4, -0.2) is 36.7 Å². The Bertz CT molecular complexity index is 1250. The lowest BCUT2D eigenvalue weighted by Gasteiger charge is -2.06. The third-order valence-corrected chi connectivity index (χ3v) is 4.41. The zero-order valence-corrected chi connectivity index (χ0v) is 16.6. The van der Waals surface area contributed by atoms with E-state index in [1.165, 1.54) is 4.40 Å². The van der Waals surface area contributed by atoms with Crippen LogP contribution in [0.5, 0.6) is 5.75 Å². The number of hydrogen-bond acceptors (Lipinski definition) is 6. The fourth-order valence-corrected chi connectivity index (χ4v) is 3.09. The van der Waals surface area contributed by atoms with E-state index in [1.54, 1.807) is 43.5 Å². The summed E-state index contributed by atoms with van der Waals surface area (Å²) < 4.78 is 7.88. The maximum atomic E-state index is 12.7. The molecule has 152 valence electrons. The first kappa shape index (κ1) is 19.3. The van der Waals surface area contributed by atoms with Gasteiger partial charge in [0.1, 0.15) is 18.1 Å². The molecule has 0 unspecified atom stereocenters. The van der Waals surface area contributed by atoms with Crippen molar-refractivity contribution in [2.75, 3.05) is 11.9 Å². The van der Waals surface area contributed by atoms with E-state index in [9.17, 15) is 9.59 Å². The van der Waals surface area contributed by atoms with Crippen molar-refractivity contribution in [1.82, 2.24) is 24.1 Å². The Morgan fingerprint density at radius 1 is 1.13 bits per heavy atom. The van der Waals surface area contributed by atoms with Gasteiger partial charge in [0, 0.05) is 18.0 Å². The van der Waals surface area contributed by atoms with Gasteiger partial charge in [-0.3, -0.25) is 9.78 Å². The predicted octanol–water partition coefficient (Wildman–Crippen LogP) is 2.30. The van der Waals surface area contributed by atoms with Gasteiger partial charge in [0.2, 0.25) is 5.91 Å². The number of carbonyl (C=O) groups excluding carboxylic acids is 1. The number of pyridine rings is 1. The van der Waals surface area contributed by atoms with Crippen molar-refractivity contribution in [2.24, 2.45) is 0 Å². The van der Waals surface area contributed by atoms with Gasteiger partial charge in [-0.05, 0) is 50.2 Å². The number of nitrogens with one attached hydrogen (secondary N) is 1. The Morgan fingerprint density at radius 3 is 2.63 bits per heavy atom. The fourth-order valence-electron chi connectivity index (χ4n) is 3.09. The van der Waals surface area contributed by atoms with Crippen molar-refractivity contribution in [2.45, 2.75) is 20.4 Å². The Kier molecular flexibility index (Phi) is 5.25.